The van der Waals surface area contributed by atoms with E-state index in [0.717, 1.165) is 35.9 Å². The van der Waals surface area contributed by atoms with Crippen LogP contribution >= 0.6 is 0 Å². The number of piperidine rings is 1. The molecule has 0 bridgehead atoms. The zero-order valence-electron chi connectivity index (χ0n) is 19.3. The van der Waals surface area contributed by atoms with E-state index < -0.39 is 6.09 Å². The van der Waals surface area contributed by atoms with Gasteiger partial charge in [-0.05, 0) is 30.5 Å². The fourth-order valence-electron chi connectivity index (χ4n) is 4.19. The Bertz CT molecular complexity index is 1030. The third-order valence-corrected chi connectivity index (χ3v) is 5.89. The van der Waals surface area contributed by atoms with E-state index in [2.05, 4.69) is 14.9 Å². The molecule has 4 rings (SSSR count). The highest BCUT2D eigenvalue weighted by Crippen LogP contribution is 2.34. The topological polar surface area (TPSA) is 95.9 Å². The number of amides is 3. The molecule has 0 radical (unpaired) electrons. The molecule has 4 heterocycles. The molecule has 2 aliphatic rings. The number of imide groups is 1. The highest BCUT2D eigenvalue weighted by atomic mass is 16.6. The van der Waals surface area contributed by atoms with Gasteiger partial charge in [0.25, 0.3) is 0 Å². The van der Waals surface area contributed by atoms with Gasteiger partial charge in [-0.1, -0.05) is 19.9 Å². The average molecular weight is 452 g/mol. The number of piperazine rings is 1. The summed E-state index contributed by atoms with van der Waals surface area (Å²) >= 11 is 0. The number of hydrogen-bond acceptors (Lipinski definition) is 7. The molecule has 2 fully saturated rings. The van der Waals surface area contributed by atoms with Crippen LogP contribution < -0.4 is 9.64 Å². The molecule has 2 aliphatic heterocycles. The number of aromatic nitrogens is 2. The minimum atomic E-state index is -0.463. The molecule has 2 aromatic heterocycles. The van der Waals surface area contributed by atoms with Gasteiger partial charge in [-0.25, -0.2) is 14.7 Å². The first kappa shape index (κ1) is 22.8. The second-order valence-corrected chi connectivity index (χ2v) is 9.40. The molecule has 2 aromatic rings. The van der Waals surface area contributed by atoms with Crippen LogP contribution in [0.1, 0.15) is 38.1 Å². The number of aryl methyl sites for hydroxylation is 1. The molecule has 0 aromatic carbocycles. The Morgan fingerprint density at radius 1 is 1.03 bits per heavy atom. The van der Waals surface area contributed by atoms with E-state index in [1.807, 2.05) is 39.0 Å². The van der Waals surface area contributed by atoms with Gasteiger partial charge in [0.05, 0.1) is 17.6 Å². The monoisotopic (exact) mass is 451 g/mol. The third kappa shape index (κ3) is 5.54. The standard InChI is InChI=1S/C24H29N5O4/c1-17-5-4-6-18(26-17)16-27-9-11-28(12-10-27)23(32)33-20-8-7-19(15-25-20)29-21(30)13-24(2,3)14-22(29)31/h4-8,15H,9-14,16H2,1-3H3. The van der Waals surface area contributed by atoms with Crippen LogP contribution in [0.4, 0.5) is 10.5 Å². The van der Waals surface area contributed by atoms with Crippen LogP contribution in [0.2, 0.25) is 0 Å². The summed E-state index contributed by atoms with van der Waals surface area (Å²) in [5.41, 5.74) is 2.06. The minimum absolute atomic E-state index is 0.132. The van der Waals surface area contributed by atoms with Crippen molar-refractivity contribution in [3.8, 4) is 5.88 Å². The first-order valence-corrected chi connectivity index (χ1v) is 11.1. The number of carbonyl (C=O) groups is 3. The molecule has 0 spiro atoms. The fourth-order valence-corrected chi connectivity index (χ4v) is 4.19. The molecule has 0 aliphatic carbocycles. The molecule has 2 saturated heterocycles. The predicted molar refractivity (Wildman–Crippen MR) is 122 cm³/mol. The van der Waals surface area contributed by atoms with Crippen LogP contribution in [0.5, 0.6) is 5.88 Å². The number of nitrogens with zero attached hydrogens (tertiary/aromatic N) is 5. The second kappa shape index (κ2) is 9.27. The molecule has 0 saturated carbocycles. The van der Waals surface area contributed by atoms with Crippen LogP contribution in [0.25, 0.3) is 0 Å². The fraction of sp³-hybridized carbons (Fsp3) is 0.458. The van der Waals surface area contributed by atoms with E-state index in [1.54, 1.807) is 11.0 Å². The summed E-state index contributed by atoms with van der Waals surface area (Å²) in [4.78, 5) is 51.1. The van der Waals surface area contributed by atoms with Crippen molar-refractivity contribution in [2.24, 2.45) is 5.41 Å². The number of hydrogen-bond donors (Lipinski definition) is 0. The van der Waals surface area contributed by atoms with Crippen molar-refractivity contribution in [1.82, 2.24) is 19.8 Å². The summed E-state index contributed by atoms with van der Waals surface area (Å²) in [6.45, 7) is 9.09. The second-order valence-electron chi connectivity index (χ2n) is 9.40. The largest absolute Gasteiger partial charge is 0.416 e. The van der Waals surface area contributed by atoms with E-state index in [-0.39, 0.29) is 23.1 Å². The Kier molecular flexibility index (Phi) is 6.42. The molecule has 3 amide bonds. The molecule has 0 atom stereocenters. The lowest BCUT2D eigenvalue weighted by molar-refractivity contribution is -0.132. The van der Waals surface area contributed by atoms with Gasteiger partial charge in [-0.3, -0.25) is 19.5 Å². The first-order chi connectivity index (χ1) is 15.7. The highest BCUT2D eigenvalue weighted by molar-refractivity contribution is 6.16. The lowest BCUT2D eigenvalue weighted by Crippen LogP contribution is -2.49. The van der Waals surface area contributed by atoms with Gasteiger partial charge < -0.3 is 9.64 Å². The third-order valence-electron chi connectivity index (χ3n) is 5.89. The maximum absolute atomic E-state index is 12.6. The first-order valence-electron chi connectivity index (χ1n) is 11.1. The van der Waals surface area contributed by atoms with E-state index >= 15 is 0 Å². The maximum Gasteiger partial charge on any atom is 0.416 e. The Labute approximate surface area is 193 Å². The summed E-state index contributed by atoms with van der Waals surface area (Å²) in [6, 6.07) is 9.07. The van der Waals surface area contributed by atoms with Gasteiger partial charge in [0.15, 0.2) is 0 Å². The van der Waals surface area contributed by atoms with Gasteiger partial charge in [0.2, 0.25) is 17.7 Å². The van der Waals surface area contributed by atoms with Crippen LogP contribution in [0, 0.1) is 12.3 Å². The maximum atomic E-state index is 12.6. The molecule has 33 heavy (non-hydrogen) atoms. The number of rotatable bonds is 4. The van der Waals surface area contributed by atoms with Crippen molar-refractivity contribution >= 4 is 23.6 Å². The number of pyridine rings is 2. The molecule has 9 heteroatoms. The van der Waals surface area contributed by atoms with Crippen molar-refractivity contribution in [2.75, 3.05) is 31.1 Å². The summed E-state index contributed by atoms with van der Waals surface area (Å²) in [7, 11) is 0. The highest BCUT2D eigenvalue weighted by Gasteiger charge is 2.38. The van der Waals surface area contributed by atoms with E-state index in [9.17, 15) is 14.4 Å². The molecule has 174 valence electrons. The van der Waals surface area contributed by atoms with Gasteiger partial charge in [0.1, 0.15) is 0 Å². The minimum Gasteiger partial charge on any atom is -0.391 e. The Morgan fingerprint density at radius 2 is 1.73 bits per heavy atom. The molecule has 9 nitrogen and oxygen atoms in total. The molecular weight excluding hydrogens is 422 g/mol. The summed E-state index contributed by atoms with van der Waals surface area (Å²) < 4.78 is 5.41. The lowest BCUT2D eigenvalue weighted by Gasteiger charge is -2.34. The number of ether oxygens (including phenoxy) is 1. The van der Waals surface area contributed by atoms with Crippen molar-refractivity contribution in [2.45, 2.75) is 40.2 Å². The smallest absolute Gasteiger partial charge is 0.391 e. The Hall–Kier alpha value is -3.33. The van der Waals surface area contributed by atoms with Gasteiger partial charge in [-0.15, -0.1) is 0 Å². The Morgan fingerprint density at radius 3 is 2.33 bits per heavy atom. The molecular formula is C24H29N5O4. The van der Waals surface area contributed by atoms with Crippen molar-refractivity contribution in [3.05, 3.63) is 47.9 Å². The van der Waals surface area contributed by atoms with E-state index in [1.165, 1.54) is 12.3 Å². The zero-order valence-corrected chi connectivity index (χ0v) is 19.3. The average Bonchev–Trinajstić information content (AvgIpc) is 2.74. The van der Waals surface area contributed by atoms with Crippen molar-refractivity contribution in [3.63, 3.8) is 0 Å². The van der Waals surface area contributed by atoms with Crippen LogP contribution in [-0.4, -0.2) is 63.9 Å². The normalized spacial score (nSPS) is 19.0. The SMILES string of the molecule is Cc1cccc(CN2CCN(C(=O)Oc3ccc(N4C(=O)CC(C)(C)CC4=O)cn3)CC2)n1. The quantitative estimate of drug-likeness (QED) is 0.660. The van der Waals surface area contributed by atoms with Crippen molar-refractivity contribution < 1.29 is 19.1 Å². The van der Waals surface area contributed by atoms with E-state index in [4.69, 9.17) is 4.74 Å². The lowest BCUT2D eigenvalue weighted by atomic mass is 9.81. The number of carbonyl (C=O) groups excluding carboxylic acids is 3. The van der Waals surface area contributed by atoms with Crippen LogP contribution in [0.3, 0.4) is 0 Å². The van der Waals surface area contributed by atoms with Gasteiger partial charge >= 0.3 is 6.09 Å². The molecule has 0 N–H and O–H groups in total. The van der Waals surface area contributed by atoms with Crippen LogP contribution in [0.15, 0.2) is 36.5 Å². The summed E-state index contributed by atoms with van der Waals surface area (Å²) in [5, 5.41) is 0. The molecule has 0 unspecified atom stereocenters. The van der Waals surface area contributed by atoms with Crippen molar-refractivity contribution in [1.29, 1.82) is 0 Å². The van der Waals surface area contributed by atoms with Gasteiger partial charge in [0, 0.05) is 57.3 Å². The Balaban J connectivity index is 1.29. The summed E-state index contributed by atoms with van der Waals surface area (Å²) in [6.07, 6.45) is 1.52. The summed E-state index contributed by atoms with van der Waals surface area (Å²) in [5.74, 6) is -0.365. The van der Waals surface area contributed by atoms with E-state index in [0.29, 0.717) is 31.6 Å². The van der Waals surface area contributed by atoms with Crippen LogP contribution in [-0.2, 0) is 16.1 Å². The number of anilines is 1. The predicted octanol–water partition coefficient (Wildman–Crippen LogP) is 2.78. The zero-order chi connectivity index (χ0) is 23.6. The van der Waals surface area contributed by atoms with Gasteiger partial charge in [-0.2, -0.15) is 0 Å².